The molecule has 0 radical (unpaired) electrons. The fraction of sp³-hybridized carbons (Fsp3) is 0.562. The van der Waals surface area contributed by atoms with Gasteiger partial charge >= 0.3 is 0 Å². The Balaban J connectivity index is 1.42. The zero-order valence-electron chi connectivity index (χ0n) is 12.4. The van der Waals surface area contributed by atoms with E-state index in [1.807, 2.05) is 11.0 Å². The second-order valence-corrected chi connectivity index (χ2v) is 7.23. The van der Waals surface area contributed by atoms with E-state index in [0.717, 1.165) is 51.0 Å². The Morgan fingerprint density at radius 1 is 1.41 bits per heavy atom. The van der Waals surface area contributed by atoms with Crippen LogP contribution in [0.4, 0.5) is 0 Å². The lowest BCUT2D eigenvalue weighted by atomic mass is 9.97. The standard InChI is InChI=1S/C16H19N3O2S/c20-16(11-5-6-11)19-7-1-3-12(10-19)15-17-14(18-21-15)9-13-4-2-8-22-13/h2,4,8,11-12H,1,3,5-7,9-10H2/t12-/m0/s1. The number of carbonyl (C=O) groups excluding carboxylic acids is 1. The highest BCUT2D eigenvalue weighted by Gasteiger charge is 2.36. The van der Waals surface area contributed by atoms with Crippen molar-refractivity contribution in [2.24, 2.45) is 5.92 Å². The van der Waals surface area contributed by atoms with Gasteiger partial charge in [-0.25, -0.2) is 0 Å². The Morgan fingerprint density at radius 2 is 2.32 bits per heavy atom. The van der Waals surface area contributed by atoms with Crippen LogP contribution in [0.2, 0.25) is 0 Å². The van der Waals surface area contributed by atoms with Gasteiger partial charge in [0.25, 0.3) is 0 Å². The van der Waals surface area contributed by atoms with Crippen molar-refractivity contribution in [3.63, 3.8) is 0 Å². The molecule has 0 N–H and O–H groups in total. The average Bonchev–Trinajstić information content (AvgIpc) is 3.07. The molecule has 2 aromatic rings. The number of thiophene rings is 1. The molecule has 5 nitrogen and oxygen atoms in total. The molecule has 0 bridgehead atoms. The average molecular weight is 317 g/mol. The number of nitrogens with zero attached hydrogens (tertiary/aromatic N) is 3. The number of rotatable bonds is 4. The molecule has 1 saturated heterocycles. The molecule has 2 fully saturated rings. The van der Waals surface area contributed by atoms with Crippen molar-refractivity contribution in [3.05, 3.63) is 34.1 Å². The van der Waals surface area contributed by atoms with Crippen molar-refractivity contribution in [1.82, 2.24) is 15.0 Å². The van der Waals surface area contributed by atoms with E-state index in [1.54, 1.807) is 11.3 Å². The third kappa shape index (κ3) is 2.92. The summed E-state index contributed by atoms with van der Waals surface area (Å²) in [7, 11) is 0. The maximum atomic E-state index is 12.2. The van der Waals surface area contributed by atoms with E-state index in [-0.39, 0.29) is 11.8 Å². The van der Waals surface area contributed by atoms with E-state index in [4.69, 9.17) is 4.52 Å². The van der Waals surface area contributed by atoms with Crippen molar-refractivity contribution < 1.29 is 9.32 Å². The molecule has 6 heteroatoms. The molecule has 1 amide bonds. The molecule has 2 aromatic heterocycles. The minimum Gasteiger partial charge on any atom is -0.342 e. The predicted molar refractivity (Wildman–Crippen MR) is 82.7 cm³/mol. The summed E-state index contributed by atoms with van der Waals surface area (Å²) in [6.45, 7) is 1.61. The van der Waals surface area contributed by atoms with Gasteiger partial charge in [-0.2, -0.15) is 4.98 Å². The van der Waals surface area contributed by atoms with E-state index < -0.39 is 0 Å². The van der Waals surface area contributed by atoms with Crippen LogP contribution < -0.4 is 0 Å². The molecule has 0 aromatic carbocycles. The second kappa shape index (κ2) is 5.83. The minimum absolute atomic E-state index is 0.195. The monoisotopic (exact) mass is 317 g/mol. The molecule has 3 heterocycles. The zero-order valence-corrected chi connectivity index (χ0v) is 13.2. The highest BCUT2D eigenvalue weighted by molar-refractivity contribution is 7.09. The van der Waals surface area contributed by atoms with Gasteiger partial charge in [0, 0.05) is 30.3 Å². The van der Waals surface area contributed by atoms with Gasteiger partial charge in [-0.15, -0.1) is 11.3 Å². The lowest BCUT2D eigenvalue weighted by Gasteiger charge is -2.31. The third-order valence-electron chi connectivity index (χ3n) is 4.41. The Bertz CT molecular complexity index is 648. The summed E-state index contributed by atoms with van der Waals surface area (Å²) in [5.41, 5.74) is 0. The third-order valence-corrected chi connectivity index (χ3v) is 5.28. The molecule has 116 valence electrons. The summed E-state index contributed by atoms with van der Waals surface area (Å²) in [5.74, 6) is 2.24. The Hall–Kier alpha value is -1.69. The van der Waals surface area contributed by atoms with Gasteiger partial charge in [-0.05, 0) is 37.1 Å². The lowest BCUT2D eigenvalue weighted by molar-refractivity contribution is -0.133. The van der Waals surface area contributed by atoms with E-state index in [2.05, 4.69) is 21.6 Å². The van der Waals surface area contributed by atoms with Crippen molar-refractivity contribution in [2.75, 3.05) is 13.1 Å². The maximum absolute atomic E-state index is 12.2. The molecule has 1 saturated carbocycles. The Kier molecular flexibility index (Phi) is 3.70. The molecular weight excluding hydrogens is 298 g/mol. The first-order valence-electron chi connectivity index (χ1n) is 7.93. The van der Waals surface area contributed by atoms with Gasteiger partial charge in [0.15, 0.2) is 5.82 Å². The molecule has 1 aliphatic carbocycles. The van der Waals surface area contributed by atoms with E-state index in [0.29, 0.717) is 11.8 Å². The number of likely N-dealkylation sites (tertiary alicyclic amines) is 1. The minimum atomic E-state index is 0.195. The van der Waals surface area contributed by atoms with Crippen LogP contribution in [-0.2, 0) is 11.2 Å². The molecular formula is C16H19N3O2S. The predicted octanol–water partition coefficient (Wildman–Crippen LogP) is 2.84. The summed E-state index contributed by atoms with van der Waals surface area (Å²) in [4.78, 5) is 20.0. The zero-order chi connectivity index (χ0) is 14.9. The topological polar surface area (TPSA) is 59.2 Å². The smallest absolute Gasteiger partial charge is 0.231 e. The molecule has 0 unspecified atom stereocenters. The van der Waals surface area contributed by atoms with Crippen LogP contribution in [0.15, 0.2) is 22.0 Å². The molecule has 2 aliphatic rings. The number of hydrogen-bond donors (Lipinski definition) is 0. The normalized spacial score (nSPS) is 22.0. The molecule has 1 aliphatic heterocycles. The van der Waals surface area contributed by atoms with Gasteiger partial charge in [0.05, 0.1) is 5.92 Å². The summed E-state index contributed by atoms with van der Waals surface area (Å²) >= 11 is 1.70. The highest BCUT2D eigenvalue weighted by Crippen LogP contribution is 2.34. The number of piperidine rings is 1. The Labute approximate surface area is 133 Å². The Morgan fingerprint density at radius 3 is 3.09 bits per heavy atom. The van der Waals surface area contributed by atoms with Gasteiger partial charge in [0.2, 0.25) is 11.8 Å². The van der Waals surface area contributed by atoms with E-state index in [1.165, 1.54) is 4.88 Å². The van der Waals surface area contributed by atoms with Gasteiger partial charge in [-0.3, -0.25) is 4.79 Å². The fourth-order valence-electron chi connectivity index (χ4n) is 3.04. The summed E-state index contributed by atoms with van der Waals surface area (Å²) in [6, 6.07) is 4.11. The van der Waals surface area contributed by atoms with Crippen LogP contribution >= 0.6 is 11.3 Å². The SMILES string of the molecule is O=C(C1CC1)N1CCC[C@H](c2nc(Cc3cccs3)no2)C1. The first-order chi connectivity index (χ1) is 10.8. The lowest BCUT2D eigenvalue weighted by Crippen LogP contribution is -2.40. The molecule has 22 heavy (non-hydrogen) atoms. The van der Waals surface area contributed by atoms with Crippen molar-refractivity contribution in [3.8, 4) is 0 Å². The number of carbonyl (C=O) groups is 1. The van der Waals surface area contributed by atoms with Gasteiger partial charge in [0.1, 0.15) is 0 Å². The molecule has 1 atom stereocenters. The fourth-order valence-corrected chi connectivity index (χ4v) is 3.74. The second-order valence-electron chi connectivity index (χ2n) is 6.20. The van der Waals surface area contributed by atoms with Crippen LogP contribution in [0.3, 0.4) is 0 Å². The maximum Gasteiger partial charge on any atom is 0.231 e. The van der Waals surface area contributed by atoms with Gasteiger partial charge in [-0.1, -0.05) is 11.2 Å². The quantitative estimate of drug-likeness (QED) is 0.870. The van der Waals surface area contributed by atoms with Gasteiger partial charge < -0.3 is 9.42 Å². The van der Waals surface area contributed by atoms with Crippen LogP contribution in [-0.4, -0.2) is 34.0 Å². The van der Waals surface area contributed by atoms with Crippen molar-refractivity contribution in [2.45, 2.75) is 38.0 Å². The number of amides is 1. The number of aromatic nitrogens is 2. The summed E-state index contributed by atoms with van der Waals surface area (Å²) < 4.78 is 5.46. The first-order valence-corrected chi connectivity index (χ1v) is 8.81. The summed E-state index contributed by atoms with van der Waals surface area (Å²) in [6.07, 6.45) is 4.89. The molecule has 0 spiro atoms. The highest BCUT2D eigenvalue weighted by atomic mass is 32.1. The molecule has 4 rings (SSSR count). The summed E-state index contributed by atoms with van der Waals surface area (Å²) in [5, 5.41) is 6.16. The largest absolute Gasteiger partial charge is 0.342 e. The number of hydrogen-bond acceptors (Lipinski definition) is 5. The van der Waals surface area contributed by atoms with Crippen molar-refractivity contribution in [1.29, 1.82) is 0 Å². The van der Waals surface area contributed by atoms with E-state index >= 15 is 0 Å². The first kappa shape index (κ1) is 13.9. The van der Waals surface area contributed by atoms with Crippen molar-refractivity contribution >= 4 is 17.2 Å². The van der Waals surface area contributed by atoms with E-state index in [9.17, 15) is 4.79 Å². The van der Waals surface area contributed by atoms with Crippen LogP contribution in [0.5, 0.6) is 0 Å². The van der Waals surface area contributed by atoms with Crippen LogP contribution in [0, 0.1) is 5.92 Å². The van der Waals surface area contributed by atoms with Crippen LogP contribution in [0.1, 0.15) is 48.2 Å². The van der Waals surface area contributed by atoms with Crippen LogP contribution in [0.25, 0.3) is 0 Å².